The van der Waals surface area contributed by atoms with Crippen LogP contribution in [0.15, 0.2) is 77.3 Å². The zero-order chi connectivity index (χ0) is 25.1. The molecule has 1 aliphatic rings. The van der Waals surface area contributed by atoms with Crippen LogP contribution in [-0.2, 0) is 16.0 Å². The summed E-state index contributed by atoms with van der Waals surface area (Å²) >= 11 is 25.5. The molecule has 0 radical (unpaired) electrons. The first-order valence-electron chi connectivity index (χ1n) is 10.2. The van der Waals surface area contributed by atoms with Gasteiger partial charge in [-0.15, -0.1) is 0 Å². The van der Waals surface area contributed by atoms with Gasteiger partial charge in [-0.05, 0) is 78.7 Å². The van der Waals surface area contributed by atoms with Gasteiger partial charge in [-0.1, -0.05) is 58.2 Å². The molecule has 1 N–H and O–H groups in total. The molecule has 1 fully saturated rings. The number of hydrogen-bond acceptors (Lipinski definition) is 4. The lowest BCUT2D eigenvalue weighted by Crippen LogP contribution is -2.31. The highest BCUT2D eigenvalue weighted by atomic mass is 35.5. The molecule has 1 saturated heterocycles. The number of nitrogens with zero attached hydrogens (tertiary/aromatic N) is 2. The predicted molar refractivity (Wildman–Crippen MR) is 143 cm³/mol. The Labute approximate surface area is 226 Å². The van der Waals surface area contributed by atoms with Crippen molar-refractivity contribution in [3.05, 3.63) is 103 Å². The smallest absolute Gasteiger partial charge is 0.269 e. The summed E-state index contributed by atoms with van der Waals surface area (Å²) in [6.07, 6.45) is 0.258. The topological polar surface area (TPSA) is 73.2 Å². The fourth-order valence-electron chi connectivity index (χ4n) is 3.44. The van der Waals surface area contributed by atoms with Gasteiger partial charge >= 0.3 is 0 Å². The molecule has 1 heterocycles. The van der Waals surface area contributed by atoms with Crippen LogP contribution in [-0.4, -0.2) is 17.1 Å². The van der Waals surface area contributed by atoms with E-state index in [0.29, 0.717) is 37.0 Å². The molecule has 5 nitrogen and oxygen atoms in total. The van der Waals surface area contributed by atoms with Crippen LogP contribution >= 0.6 is 58.2 Å². The molecule has 0 aliphatic carbocycles. The standard InChI is InChI=1S/C25H15Cl4N3O2S/c26-15-1-6-18(7-2-15)31-23(33)20(13-30)25-32(19-8-3-16(27)4-9-19)24(34)22(35-25)12-14-11-17(28)5-10-21(14)29/h1-11,22H,12H2,(H,31,33)/b25-20-/t22-/m0/s1. The van der Waals surface area contributed by atoms with Crippen molar-refractivity contribution in [3.63, 3.8) is 0 Å². The molecule has 0 saturated carbocycles. The van der Waals surface area contributed by atoms with Crippen LogP contribution in [0, 0.1) is 11.3 Å². The number of halogens is 4. The Kier molecular flexibility index (Phi) is 7.95. The van der Waals surface area contributed by atoms with Crippen molar-refractivity contribution in [1.29, 1.82) is 5.26 Å². The van der Waals surface area contributed by atoms with Crippen molar-refractivity contribution in [2.45, 2.75) is 11.7 Å². The first kappa shape index (κ1) is 25.4. The summed E-state index contributed by atoms with van der Waals surface area (Å²) in [5, 5.41) is 14.2. The Bertz CT molecular complexity index is 1370. The van der Waals surface area contributed by atoms with Gasteiger partial charge in [-0.2, -0.15) is 5.26 Å². The number of nitriles is 1. The SMILES string of the molecule is N#C/C(C(=O)Nc1ccc(Cl)cc1)=C1/S[C@@H](Cc2cc(Cl)ccc2Cl)C(=O)N1c1ccc(Cl)cc1. The highest BCUT2D eigenvalue weighted by Crippen LogP contribution is 2.43. The van der Waals surface area contributed by atoms with E-state index in [1.165, 1.54) is 4.90 Å². The Morgan fingerprint density at radius 3 is 2.17 bits per heavy atom. The largest absolute Gasteiger partial charge is 0.321 e. The molecule has 4 rings (SSSR count). The van der Waals surface area contributed by atoms with Gasteiger partial charge in [0, 0.05) is 31.5 Å². The average molecular weight is 563 g/mol. The summed E-state index contributed by atoms with van der Waals surface area (Å²) in [4.78, 5) is 28.0. The minimum absolute atomic E-state index is 0.201. The monoisotopic (exact) mass is 561 g/mol. The first-order valence-corrected chi connectivity index (χ1v) is 12.6. The van der Waals surface area contributed by atoms with Crippen molar-refractivity contribution in [2.75, 3.05) is 10.2 Å². The highest BCUT2D eigenvalue weighted by Gasteiger charge is 2.41. The van der Waals surface area contributed by atoms with Crippen LogP contribution < -0.4 is 10.2 Å². The maximum absolute atomic E-state index is 13.5. The van der Waals surface area contributed by atoms with E-state index in [1.807, 2.05) is 6.07 Å². The van der Waals surface area contributed by atoms with E-state index >= 15 is 0 Å². The molecule has 0 unspecified atom stereocenters. The molecule has 35 heavy (non-hydrogen) atoms. The van der Waals surface area contributed by atoms with E-state index in [9.17, 15) is 14.9 Å². The summed E-state index contributed by atoms with van der Waals surface area (Å²) in [6, 6.07) is 20.0. The Morgan fingerprint density at radius 1 is 0.943 bits per heavy atom. The minimum atomic E-state index is -0.648. The van der Waals surface area contributed by atoms with E-state index in [4.69, 9.17) is 46.4 Å². The molecule has 176 valence electrons. The number of nitrogens with one attached hydrogen (secondary N) is 1. The molecule has 0 spiro atoms. The van der Waals surface area contributed by atoms with Gasteiger partial charge in [0.25, 0.3) is 5.91 Å². The maximum Gasteiger partial charge on any atom is 0.269 e. The number of carbonyl (C=O) groups excluding carboxylic acids is 2. The first-order chi connectivity index (χ1) is 16.8. The second-order valence-corrected chi connectivity index (χ2v) is 10.4. The Hall–Kier alpha value is -2.66. The van der Waals surface area contributed by atoms with Crippen LogP contribution in [0.25, 0.3) is 0 Å². The lowest BCUT2D eigenvalue weighted by atomic mass is 10.1. The second kappa shape index (κ2) is 10.9. The summed E-state index contributed by atoms with van der Waals surface area (Å²) in [7, 11) is 0. The molecular formula is C25H15Cl4N3O2S. The number of carbonyl (C=O) groups is 2. The highest BCUT2D eigenvalue weighted by molar-refractivity contribution is 8.05. The molecular weight excluding hydrogens is 548 g/mol. The third-order valence-corrected chi connectivity index (χ3v) is 7.48. The third kappa shape index (κ3) is 5.78. The number of thioether (sulfide) groups is 1. The maximum atomic E-state index is 13.5. The number of rotatable bonds is 5. The van der Waals surface area contributed by atoms with Gasteiger partial charge in [0.2, 0.25) is 5.91 Å². The number of anilines is 2. The van der Waals surface area contributed by atoms with Gasteiger partial charge in [0.1, 0.15) is 16.7 Å². The van der Waals surface area contributed by atoms with Gasteiger partial charge in [-0.3, -0.25) is 14.5 Å². The van der Waals surface area contributed by atoms with Crippen molar-refractivity contribution < 1.29 is 9.59 Å². The summed E-state index contributed by atoms with van der Waals surface area (Å²) < 4.78 is 0. The lowest BCUT2D eigenvalue weighted by Gasteiger charge is -2.19. The summed E-state index contributed by atoms with van der Waals surface area (Å²) in [6.45, 7) is 0. The summed E-state index contributed by atoms with van der Waals surface area (Å²) in [5.74, 6) is -0.944. The molecule has 2 amide bonds. The van der Waals surface area contributed by atoms with Gasteiger partial charge in [0.05, 0.1) is 5.25 Å². The van der Waals surface area contributed by atoms with Crippen LogP contribution in [0.5, 0.6) is 0 Å². The van der Waals surface area contributed by atoms with Crippen LogP contribution in [0.2, 0.25) is 20.1 Å². The molecule has 0 bridgehead atoms. The van der Waals surface area contributed by atoms with Crippen LogP contribution in [0.1, 0.15) is 5.56 Å². The molecule has 3 aromatic rings. The van der Waals surface area contributed by atoms with Crippen LogP contribution in [0.3, 0.4) is 0 Å². The van der Waals surface area contributed by atoms with Gasteiger partial charge < -0.3 is 5.32 Å². The van der Waals surface area contributed by atoms with E-state index < -0.39 is 11.2 Å². The predicted octanol–water partition coefficient (Wildman–Crippen LogP) is 7.37. The van der Waals surface area contributed by atoms with E-state index in [1.54, 1.807) is 66.7 Å². The van der Waals surface area contributed by atoms with Crippen molar-refractivity contribution in [2.24, 2.45) is 0 Å². The third-order valence-electron chi connectivity index (χ3n) is 5.11. The zero-order valence-corrected chi connectivity index (χ0v) is 21.6. The Balaban J connectivity index is 1.73. The van der Waals surface area contributed by atoms with E-state index in [-0.39, 0.29) is 22.9 Å². The summed E-state index contributed by atoms with van der Waals surface area (Å²) in [5.41, 5.74) is 1.43. The fourth-order valence-corrected chi connectivity index (χ4v) is 5.38. The molecule has 1 atom stereocenters. The molecule has 10 heteroatoms. The number of hydrogen-bond donors (Lipinski definition) is 1. The van der Waals surface area contributed by atoms with E-state index in [2.05, 4.69) is 5.32 Å². The lowest BCUT2D eigenvalue weighted by molar-refractivity contribution is -0.117. The average Bonchev–Trinajstić information content (AvgIpc) is 3.14. The number of benzene rings is 3. The molecule has 0 aromatic heterocycles. The van der Waals surface area contributed by atoms with Crippen molar-refractivity contribution >= 4 is 81.4 Å². The quantitative estimate of drug-likeness (QED) is 0.260. The number of amides is 2. The zero-order valence-electron chi connectivity index (χ0n) is 17.8. The fraction of sp³-hybridized carbons (Fsp3) is 0.0800. The molecule has 1 aliphatic heterocycles. The van der Waals surface area contributed by atoms with Gasteiger partial charge in [-0.25, -0.2) is 0 Å². The van der Waals surface area contributed by atoms with Crippen molar-refractivity contribution in [3.8, 4) is 6.07 Å². The normalized spacial score (nSPS) is 16.7. The van der Waals surface area contributed by atoms with Crippen LogP contribution in [0.4, 0.5) is 11.4 Å². The van der Waals surface area contributed by atoms with Gasteiger partial charge in [0.15, 0.2) is 0 Å². The van der Waals surface area contributed by atoms with Crippen molar-refractivity contribution in [1.82, 2.24) is 0 Å². The van der Waals surface area contributed by atoms with E-state index in [0.717, 1.165) is 11.8 Å². The minimum Gasteiger partial charge on any atom is -0.321 e. The molecule has 3 aromatic carbocycles. The second-order valence-electron chi connectivity index (χ2n) is 7.45. The Morgan fingerprint density at radius 2 is 1.54 bits per heavy atom.